The van der Waals surface area contributed by atoms with Gasteiger partial charge in [-0.1, -0.05) is 37.8 Å². The number of methoxy groups -OCH3 is 1. The third-order valence-corrected chi connectivity index (χ3v) is 5.38. The van der Waals surface area contributed by atoms with Crippen LogP contribution >= 0.6 is 11.8 Å². The van der Waals surface area contributed by atoms with Gasteiger partial charge in [0, 0.05) is 23.9 Å². The smallest absolute Gasteiger partial charge is 0.234 e. The number of ether oxygens (including phenoxy) is 2. The Labute approximate surface area is 192 Å². The zero-order valence-electron chi connectivity index (χ0n) is 18.6. The number of aromatic nitrogens is 3. The molecule has 7 nitrogen and oxygen atoms in total. The zero-order valence-corrected chi connectivity index (χ0v) is 19.4. The lowest BCUT2D eigenvalue weighted by Gasteiger charge is -2.10. The second-order valence-electron chi connectivity index (χ2n) is 7.50. The molecule has 0 atom stereocenters. The van der Waals surface area contributed by atoms with Gasteiger partial charge in [-0.2, -0.15) is 0 Å². The quantitative estimate of drug-likeness (QED) is 0.329. The molecule has 0 spiro atoms. The molecule has 3 rings (SSSR count). The molecule has 0 fully saturated rings. The average molecular weight is 453 g/mol. The molecular formula is C24H28N4O3S. The molecule has 0 bridgehead atoms. The van der Waals surface area contributed by atoms with Gasteiger partial charge < -0.3 is 14.8 Å². The fraction of sp³-hybridized carbons (Fsp3) is 0.292. The first-order valence-corrected chi connectivity index (χ1v) is 11.3. The summed E-state index contributed by atoms with van der Waals surface area (Å²) >= 11 is 1.33. The van der Waals surface area contributed by atoms with Crippen molar-refractivity contribution in [1.29, 1.82) is 0 Å². The molecule has 0 aliphatic heterocycles. The van der Waals surface area contributed by atoms with Crippen molar-refractivity contribution in [2.24, 2.45) is 5.92 Å². The van der Waals surface area contributed by atoms with E-state index in [1.807, 2.05) is 47.0 Å². The lowest BCUT2D eigenvalue weighted by molar-refractivity contribution is -0.113. The summed E-state index contributed by atoms with van der Waals surface area (Å²) in [5.74, 6) is 2.76. The molecule has 0 radical (unpaired) electrons. The Balaban J connectivity index is 1.67. The first kappa shape index (κ1) is 23.4. The minimum absolute atomic E-state index is 0.135. The highest BCUT2D eigenvalue weighted by Crippen LogP contribution is 2.26. The second-order valence-corrected chi connectivity index (χ2v) is 8.45. The molecule has 1 aromatic heterocycles. The van der Waals surface area contributed by atoms with Crippen molar-refractivity contribution < 1.29 is 14.3 Å². The Hall–Kier alpha value is -3.26. The number of hydrogen-bond donors (Lipinski definition) is 1. The van der Waals surface area contributed by atoms with Crippen LogP contribution in [0.3, 0.4) is 0 Å². The molecule has 0 saturated heterocycles. The molecule has 8 heteroatoms. The minimum Gasteiger partial charge on any atom is -0.497 e. The average Bonchev–Trinajstić information content (AvgIpc) is 3.19. The van der Waals surface area contributed by atoms with Gasteiger partial charge in [0.05, 0.1) is 19.5 Å². The van der Waals surface area contributed by atoms with Crippen molar-refractivity contribution in [3.8, 4) is 22.9 Å². The Morgan fingerprint density at radius 2 is 1.97 bits per heavy atom. The standard InChI is InChI=1S/C24H28N4O3S/c1-5-13-28-23(18-9-11-20(12-10-18)31-15-17(2)3)26-27-24(28)32-16-22(29)25-19-7-6-8-21(14-19)30-4/h5-12,14,17H,1,13,15-16H2,2-4H3,(H,25,29). The summed E-state index contributed by atoms with van der Waals surface area (Å²) in [6.07, 6.45) is 1.79. The van der Waals surface area contributed by atoms with E-state index in [0.29, 0.717) is 35.7 Å². The Kier molecular flexibility index (Phi) is 8.33. The first-order valence-electron chi connectivity index (χ1n) is 10.3. The molecule has 1 heterocycles. The third kappa shape index (κ3) is 6.37. The highest BCUT2D eigenvalue weighted by atomic mass is 32.2. The van der Waals surface area contributed by atoms with E-state index in [2.05, 4.69) is 35.9 Å². The number of hydrogen-bond acceptors (Lipinski definition) is 6. The molecule has 3 aromatic rings. The Morgan fingerprint density at radius 1 is 1.19 bits per heavy atom. The monoisotopic (exact) mass is 452 g/mol. The van der Waals surface area contributed by atoms with Crippen LogP contribution in [0.1, 0.15) is 13.8 Å². The van der Waals surface area contributed by atoms with E-state index in [4.69, 9.17) is 9.47 Å². The third-order valence-electron chi connectivity index (χ3n) is 4.41. The summed E-state index contributed by atoms with van der Waals surface area (Å²) < 4.78 is 12.9. The van der Waals surface area contributed by atoms with Crippen LogP contribution in [0.4, 0.5) is 5.69 Å². The van der Waals surface area contributed by atoms with Crippen molar-refractivity contribution in [3.63, 3.8) is 0 Å². The fourth-order valence-corrected chi connectivity index (χ4v) is 3.64. The summed E-state index contributed by atoms with van der Waals surface area (Å²) in [6, 6.07) is 15.0. The molecule has 2 aromatic carbocycles. The van der Waals surface area contributed by atoms with Gasteiger partial charge >= 0.3 is 0 Å². The summed E-state index contributed by atoms with van der Waals surface area (Å²) in [6.45, 7) is 9.27. The van der Waals surface area contributed by atoms with Gasteiger partial charge in [-0.25, -0.2) is 0 Å². The summed E-state index contributed by atoms with van der Waals surface area (Å²) in [7, 11) is 1.59. The van der Waals surface area contributed by atoms with Crippen LogP contribution in [0.5, 0.6) is 11.5 Å². The number of carbonyl (C=O) groups is 1. The SMILES string of the molecule is C=CCn1c(SCC(=O)Nc2cccc(OC)c2)nnc1-c1ccc(OCC(C)C)cc1. The van der Waals surface area contributed by atoms with E-state index in [9.17, 15) is 4.79 Å². The van der Waals surface area contributed by atoms with Gasteiger partial charge in [-0.3, -0.25) is 9.36 Å². The summed E-state index contributed by atoms with van der Waals surface area (Å²) in [4.78, 5) is 12.4. The molecule has 168 valence electrons. The van der Waals surface area contributed by atoms with Crippen molar-refractivity contribution in [2.45, 2.75) is 25.5 Å². The number of carbonyl (C=O) groups excluding carboxylic acids is 1. The number of rotatable bonds is 11. The van der Waals surface area contributed by atoms with E-state index in [-0.39, 0.29) is 11.7 Å². The van der Waals surface area contributed by atoms with E-state index >= 15 is 0 Å². The highest BCUT2D eigenvalue weighted by molar-refractivity contribution is 7.99. The van der Waals surface area contributed by atoms with Crippen LogP contribution in [-0.2, 0) is 11.3 Å². The lowest BCUT2D eigenvalue weighted by atomic mass is 10.2. The predicted molar refractivity (Wildman–Crippen MR) is 128 cm³/mol. The van der Waals surface area contributed by atoms with Gasteiger partial charge in [0.1, 0.15) is 11.5 Å². The number of thioether (sulfide) groups is 1. The van der Waals surface area contributed by atoms with E-state index < -0.39 is 0 Å². The second kappa shape index (κ2) is 11.4. The normalized spacial score (nSPS) is 10.8. The van der Waals surface area contributed by atoms with E-state index in [1.165, 1.54) is 11.8 Å². The summed E-state index contributed by atoms with van der Waals surface area (Å²) in [5.41, 5.74) is 1.60. The van der Waals surface area contributed by atoms with Crippen LogP contribution < -0.4 is 14.8 Å². The minimum atomic E-state index is -0.135. The van der Waals surface area contributed by atoms with Gasteiger partial charge in [0.25, 0.3) is 0 Å². The maximum absolute atomic E-state index is 12.4. The van der Waals surface area contributed by atoms with Gasteiger partial charge in [-0.15, -0.1) is 16.8 Å². The maximum Gasteiger partial charge on any atom is 0.234 e. The van der Waals surface area contributed by atoms with Crippen molar-refractivity contribution in [3.05, 3.63) is 61.2 Å². The van der Waals surface area contributed by atoms with Crippen LogP contribution in [0, 0.1) is 5.92 Å². The van der Waals surface area contributed by atoms with Crippen molar-refractivity contribution in [2.75, 3.05) is 24.8 Å². The van der Waals surface area contributed by atoms with Crippen LogP contribution in [0.15, 0.2) is 66.3 Å². The topological polar surface area (TPSA) is 78.3 Å². The fourth-order valence-electron chi connectivity index (χ4n) is 2.89. The van der Waals surface area contributed by atoms with Gasteiger partial charge in [0.2, 0.25) is 5.91 Å². The lowest BCUT2D eigenvalue weighted by Crippen LogP contribution is -2.14. The highest BCUT2D eigenvalue weighted by Gasteiger charge is 2.15. The molecule has 0 aliphatic carbocycles. The number of nitrogens with zero attached hydrogens (tertiary/aromatic N) is 3. The van der Waals surface area contributed by atoms with Crippen LogP contribution in [0.2, 0.25) is 0 Å². The number of benzene rings is 2. The van der Waals surface area contributed by atoms with Crippen molar-refractivity contribution in [1.82, 2.24) is 14.8 Å². The van der Waals surface area contributed by atoms with E-state index in [1.54, 1.807) is 19.3 Å². The van der Waals surface area contributed by atoms with Gasteiger partial charge in [-0.05, 0) is 42.3 Å². The number of anilines is 1. The summed E-state index contributed by atoms with van der Waals surface area (Å²) in [5, 5.41) is 12.2. The molecule has 1 N–H and O–H groups in total. The van der Waals surface area contributed by atoms with E-state index in [0.717, 1.165) is 17.1 Å². The number of allylic oxidation sites excluding steroid dienone is 1. The zero-order chi connectivity index (χ0) is 22.9. The van der Waals surface area contributed by atoms with Gasteiger partial charge in [0.15, 0.2) is 11.0 Å². The van der Waals surface area contributed by atoms with Crippen molar-refractivity contribution >= 4 is 23.4 Å². The van der Waals surface area contributed by atoms with Crippen LogP contribution in [-0.4, -0.2) is 40.1 Å². The molecule has 0 aliphatic rings. The molecule has 1 amide bonds. The molecule has 0 unspecified atom stereocenters. The molecular weight excluding hydrogens is 424 g/mol. The number of amides is 1. The largest absolute Gasteiger partial charge is 0.497 e. The maximum atomic E-state index is 12.4. The predicted octanol–water partition coefficient (Wildman–Crippen LogP) is 4.91. The Bertz CT molecular complexity index is 1050. The molecule has 32 heavy (non-hydrogen) atoms. The van der Waals surface area contributed by atoms with Crippen LogP contribution in [0.25, 0.3) is 11.4 Å². The first-order chi connectivity index (χ1) is 15.5. The molecule has 0 saturated carbocycles. The number of nitrogens with one attached hydrogen (secondary N) is 1. The Morgan fingerprint density at radius 3 is 2.66 bits per heavy atom.